The van der Waals surface area contributed by atoms with Crippen molar-refractivity contribution >= 4 is 45.2 Å². The second-order valence-electron chi connectivity index (χ2n) is 5.79. The van der Waals surface area contributed by atoms with Crippen LogP contribution in [0.5, 0.6) is 0 Å². The monoisotopic (exact) mass is 352 g/mol. The fraction of sp³-hybridized carbons (Fsp3) is 0.158. The maximum Gasteiger partial charge on any atom is 0.274 e. The standard InChI is InChI=1S/C19H16N2OS2/c1-11-4-9-15-17(12(11)2)20-19-21(15)18(22)16(24-19)10-13-5-7-14(23-3)8-6-13/h4-10H,1-3H3/b16-10+. The van der Waals surface area contributed by atoms with Gasteiger partial charge in [-0.3, -0.25) is 4.79 Å². The van der Waals surface area contributed by atoms with Crippen molar-refractivity contribution in [3.63, 3.8) is 0 Å². The van der Waals surface area contributed by atoms with Crippen LogP contribution >= 0.6 is 23.1 Å². The van der Waals surface area contributed by atoms with Crippen LogP contribution < -0.4 is 10.1 Å². The summed E-state index contributed by atoms with van der Waals surface area (Å²) in [5, 5.41) is 0. The lowest BCUT2D eigenvalue weighted by Crippen LogP contribution is -2.22. The molecule has 0 fully saturated rings. The second-order valence-corrected chi connectivity index (χ2v) is 7.68. The summed E-state index contributed by atoms with van der Waals surface area (Å²) in [6, 6.07) is 12.3. The quantitative estimate of drug-likeness (QED) is 0.515. The largest absolute Gasteiger partial charge is 0.274 e. The van der Waals surface area contributed by atoms with Crippen molar-refractivity contribution in [3.8, 4) is 0 Å². The Morgan fingerprint density at radius 1 is 1.12 bits per heavy atom. The summed E-state index contributed by atoms with van der Waals surface area (Å²) in [6.45, 7) is 4.12. The van der Waals surface area contributed by atoms with E-state index in [2.05, 4.69) is 37.2 Å². The molecule has 0 aliphatic heterocycles. The van der Waals surface area contributed by atoms with Crippen LogP contribution in [0.3, 0.4) is 0 Å². The van der Waals surface area contributed by atoms with E-state index in [4.69, 9.17) is 0 Å². The highest BCUT2D eigenvalue weighted by Crippen LogP contribution is 2.22. The summed E-state index contributed by atoms with van der Waals surface area (Å²) in [5.41, 5.74) is 5.20. The molecule has 0 unspecified atom stereocenters. The Bertz CT molecular complexity index is 1170. The van der Waals surface area contributed by atoms with Crippen molar-refractivity contribution in [1.82, 2.24) is 9.38 Å². The highest BCUT2D eigenvalue weighted by atomic mass is 32.2. The molecule has 120 valence electrons. The lowest BCUT2D eigenvalue weighted by molar-refractivity contribution is 1.19. The molecule has 3 nitrogen and oxygen atoms in total. The zero-order valence-corrected chi connectivity index (χ0v) is 15.3. The predicted octanol–water partition coefficient (Wildman–Crippen LogP) is 3.80. The number of thioether (sulfide) groups is 1. The summed E-state index contributed by atoms with van der Waals surface area (Å²) in [6.07, 6.45) is 4.00. The van der Waals surface area contributed by atoms with Gasteiger partial charge in [0.25, 0.3) is 5.56 Å². The lowest BCUT2D eigenvalue weighted by Gasteiger charge is -1.99. The number of hydrogen-bond donors (Lipinski definition) is 0. The first-order valence-corrected chi connectivity index (χ1v) is 9.69. The van der Waals surface area contributed by atoms with Crippen molar-refractivity contribution in [2.75, 3.05) is 6.26 Å². The first-order valence-electron chi connectivity index (χ1n) is 7.65. The number of nitrogens with zero attached hydrogens (tertiary/aromatic N) is 2. The van der Waals surface area contributed by atoms with Crippen molar-refractivity contribution in [2.24, 2.45) is 0 Å². The molecular weight excluding hydrogens is 336 g/mol. The highest BCUT2D eigenvalue weighted by molar-refractivity contribution is 7.98. The number of hydrogen-bond acceptors (Lipinski definition) is 4. The van der Waals surface area contributed by atoms with Gasteiger partial charge in [-0.1, -0.05) is 29.5 Å². The number of aryl methyl sites for hydroxylation is 2. The molecule has 0 amide bonds. The van der Waals surface area contributed by atoms with Crippen molar-refractivity contribution in [3.05, 3.63) is 68.0 Å². The molecule has 0 bridgehead atoms. The van der Waals surface area contributed by atoms with Gasteiger partial charge in [0.1, 0.15) is 0 Å². The molecule has 5 heteroatoms. The molecule has 0 N–H and O–H groups in total. The maximum absolute atomic E-state index is 12.8. The molecule has 2 aromatic carbocycles. The Hall–Kier alpha value is -2.11. The van der Waals surface area contributed by atoms with E-state index in [0.717, 1.165) is 31.7 Å². The van der Waals surface area contributed by atoms with Gasteiger partial charge in [-0.2, -0.15) is 0 Å². The molecule has 0 saturated carbocycles. The van der Waals surface area contributed by atoms with Gasteiger partial charge in [-0.05, 0) is 61.1 Å². The fourth-order valence-corrected chi connectivity index (χ4v) is 4.20. The van der Waals surface area contributed by atoms with E-state index < -0.39 is 0 Å². The average molecular weight is 352 g/mol. The third kappa shape index (κ3) is 2.36. The second kappa shape index (κ2) is 5.76. The molecule has 0 atom stereocenters. The zero-order chi connectivity index (χ0) is 16.8. The van der Waals surface area contributed by atoms with E-state index in [1.165, 1.54) is 21.8 Å². The molecule has 4 aromatic rings. The molecule has 2 heterocycles. The van der Waals surface area contributed by atoms with Crippen LogP contribution in [0.15, 0.2) is 46.1 Å². The molecular formula is C19H16N2OS2. The molecule has 4 rings (SSSR count). The zero-order valence-electron chi connectivity index (χ0n) is 13.7. The Kier molecular flexibility index (Phi) is 3.70. The van der Waals surface area contributed by atoms with Crippen LogP contribution in [-0.4, -0.2) is 15.6 Å². The van der Waals surface area contributed by atoms with E-state index in [1.807, 2.05) is 30.3 Å². The summed E-state index contributed by atoms with van der Waals surface area (Å²) >= 11 is 3.16. The Labute approximate surface area is 147 Å². The smallest absolute Gasteiger partial charge is 0.267 e. The van der Waals surface area contributed by atoms with Gasteiger partial charge in [-0.25, -0.2) is 9.38 Å². The van der Waals surface area contributed by atoms with Crippen LogP contribution in [0.1, 0.15) is 16.7 Å². The normalized spacial score (nSPS) is 12.5. The Balaban J connectivity index is 1.94. The van der Waals surface area contributed by atoms with Crippen LogP contribution in [0.25, 0.3) is 22.1 Å². The summed E-state index contributed by atoms with van der Waals surface area (Å²) in [5.74, 6) is 0. The molecule has 0 spiro atoms. The van der Waals surface area contributed by atoms with Gasteiger partial charge in [0, 0.05) is 4.90 Å². The Morgan fingerprint density at radius 3 is 2.58 bits per heavy atom. The number of benzene rings is 2. The van der Waals surface area contributed by atoms with Crippen molar-refractivity contribution < 1.29 is 0 Å². The van der Waals surface area contributed by atoms with Gasteiger partial charge in [-0.15, -0.1) is 11.8 Å². The minimum absolute atomic E-state index is 0.00898. The van der Waals surface area contributed by atoms with Gasteiger partial charge in [0.15, 0.2) is 4.96 Å². The molecule has 0 aliphatic rings. The number of thiazole rings is 1. The average Bonchev–Trinajstić information content (AvgIpc) is 3.10. The van der Waals surface area contributed by atoms with Crippen molar-refractivity contribution in [2.45, 2.75) is 18.7 Å². The third-order valence-corrected chi connectivity index (χ3v) is 6.06. The van der Waals surface area contributed by atoms with E-state index >= 15 is 0 Å². The lowest BCUT2D eigenvalue weighted by atomic mass is 10.1. The maximum atomic E-state index is 12.8. The fourth-order valence-electron chi connectivity index (χ4n) is 2.82. The molecule has 0 saturated heterocycles. The molecule has 0 radical (unpaired) electrons. The van der Waals surface area contributed by atoms with E-state index in [-0.39, 0.29) is 5.56 Å². The van der Waals surface area contributed by atoms with E-state index in [0.29, 0.717) is 0 Å². The van der Waals surface area contributed by atoms with E-state index in [1.54, 1.807) is 16.2 Å². The molecule has 0 aliphatic carbocycles. The van der Waals surface area contributed by atoms with Crippen LogP contribution in [0.4, 0.5) is 0 Å². The number of imidazole rings is 1. The number of fused-ring (bicyclic) bond motifs is 3. The van der Waals surface area contributed by atoms with Crippen LogP contribution in [0, 0.1) is 13.8 Å². The first-order chi connectivity index (χ1) is 11.6. The first kappa shape index (κ1) is 15.4. The highest BCUT2D eigenvalue weighted by Gasteiger charge is 2.13. The van der Waals surface area contributed by atoms with E-state index in [9.17, 15) is 4.79 Å². The minimum Gasteiger partial charge on any atom is -0.267 e. The van der Waals surface area contributed by atoms with Crippen LogP contribution in [-0.2, 0) is 0 Å². The van der Waals surface area contributed by atoms with Crippen molar-refractivity contribution in [1.29, 1.82) is 0 Å². The van der Waals surface area contributed by atoms with Gasteiger partial charge in [0.2, 0.25) is 0 Å². The number of aromatic nitrogens is 2. The number of rotatable bonds is 2. The molecule has 24 heavy (non-hydrogen) atoms. The SMILES string of the molecule is CSc1ccc(/C=c2/sc3nc4c(C)c(C)ccc4n3c2=O)cc1. The topological polar surface area (TPSA) is 34.4 Å². The predicted molar refractivity (Wildman–Crippen MR) is 103 cm³/mol. The third-order valence-electron chi connectivity index (χ3n) is 4.35. The summed E-state index contributed by atoms with van der Waals surface area (Å²) in [7, 11) is 0. The minimum atomic E-state index is 0.00898. The van der Waals surface area contributed by atoms with Crippen LogP contribution in [0.2, 0.25) is 0 Å². The summed E-state index contributed by atoms with van der Waals surface area (Å²) in [4.78, 5) is 19.5. The van der Waals surface area contributed by atoms with Gasteiger partial charge < -0.3 is 0 Å². The molecule has 2 aromatic heterocycles. The van der Waals surface area contributed by atoms with Gasteiger partial charge >= 0.3 is 0 Å². The van der Waals surface area contributed by atoms with Gasteiger partial charge in [0.05, 0.1) is 15.6 Å². The Morgan fingerprint density at radius 2 is 1.88 bits per heavy atom. The summed E-state index contributed by atoms with van der Waals surface area (Å²) < 4.78 is 2.45.